The van der Waals surface area contributed by atoms with Crippen LogP contribution in [0.3, 0.4) is 0 Å². The monoisotopic (exact) mass is 278 g/mol. The molecule has 19 heavy (non-hydrogen) atoms. The quantitative estimate of drug-likeness (QED) is 0.653. The summed E-state index contributed by atoms with van der Waals surface area (Å²) in [5.41, 5.74) is 6.23. The number of nitrogens with zero attached hydrogens (tertiary/aromatic N) is 2. The van der Waals surface area contributed by atoms with Gasteiger partial charge in [-0.1, -0.05) is 17.7 Å². The van der Waals surface area contributed by atoms with Gasteiger partial charge in [-0.15, -0.1) is 0 Å². The predicted octanol–water partition coefficient (Wildman–Crippen LogP) is 2.61. The first kappa shape index (κ1) is 14.1. The summed E-state index contributed by atoms with van der Waals surface area (Å²) in [4.78, 5) is 0. The lowest BCUT2D eigenvalue weighted by molar-refractivity contribution is 0.551. The standard InChI is InChI=1S/C14H19ClN4/c1-3-19-9-11(8-17-19)6-14(18-16)12-4-10(2)5-13(15)7-12/h4-5,7-9,14,18H,3,6,16H2,1-2H3. The zero-order valence-electron chi connectivity index (χ0n) is 11.2. The summed E-state index contributed by atoms with van der Waals surface area (Å²) < 4.78 is 1.91. The Kier molecular flexibility index (Phi) is 4.58. The highest BCUT2D eigenvalue weighted by atomic mass is 35.5. The maximum Gasteiger partial charge on any atom is 0.0522 e. The van der Waals surface area contributed by atoms with Gasteiger partial charge in [0.15, 0.2) is 0 Å². The van der Waals surface area contributed by atoms with E-state index in [4.69, 9.17) is 17.4 Å². The molecule has 3 N–H and O–H groups in total. The van der Waals surface area contributed by atoms with E-state index in [2.05, 4.69) is 23.5 Å². The Morgan fingerprint density at radius 3 is 2.79 bits per heavy atom. The molecular weight excluding hydrogens is 260 g/mol. The highest BCUT2D eigenvalue weighted by molar-refractivity contribution is 6.30. The van der Waals surface area contributed by atoms with Crippen molar-refractivity contribution in [1.82, 2.24) is 15.2 Å². The first-order valence-electron chi connectivity index (χ1n) is 6.37. The molecule has 5 heteroatoms. The molecule has 0 amide bonds. The number of hydrogen-bond acceptors (Lipinski definition) is 3. The van der Waals surface area contributed by atoms with Crippen molar-refractivity contribution in [3.05, 3.63) is 52.3 Å². The molecule has 102 valence electrons. The fourth-order valence-electron chi connectivity index (χ4n) is 2.16. The number of benzene rings is 1. The van der Waals surface area contributed by atoms with Crippen molar-refractivity contribution in [3.63, 3.8) is 0 Å². The highest BCUT2D eigenvalue weighted by Gasteiger charge is 2.13. The van der Waals surface area contributed by atoms with Crippen LogP contribution in [-0.2, 0) is 13.0 Å². The van der Waals surface area contributed by atoms with Gasteiger partial charge in [-0.25, -0.2) is 0 Å². The largest absolute Gasteiger partial charge is 0.273 e. The number of hydrazine groups is 1. The lowest BCUT2D eigenvalue weighted by Crippen LogP contribution is -2.29. The van der Waals surface area contributed by atoms with Gasteiger partial charge in [0.1, 0.15) is 0 Å². The second kappa shape index (κ2) is 6.19. The Hall–Kier alpha value is -1.36. The van der Waals surface area contributed by atoms with Crippen LogP contribution in [0.4, 0.5) is 0 Å². The van der Waals surface area contributed by atoms with Gasteiger partial charge < -0.3 is 0 Å². The number of hydrogen-bond donors (Lipinski definition) is 2. The van der Waals surface area contributed by atoms with Crippen LogP contribution in [0.5, 0.6) is 0 Å². The molecule has 0 aliphatic rings. The van der Waals surface area contributed by atoms with Crippen LogP contribution in [0.2, 0.25) is 5.02 Å². The highest BCUT2D eigenvalue weighted by Crippen LogP contribution is 2.22. The number of aromatic nitrogens is 2. The number of aryl methyl sites for hydroxylation is 2. The minimum atomic E-state index is 0.0342. The first-order chi connectivity index (χ1) is 9.12. The van der Waals surface area contributed by atoms with Crippen molar-refractivity contribution in [2.75, 3.05) is 0 Å². The van der Waals surface area contributed by atoms with Crippen LogP contribution in [0.1, 0.15) is 29.7 Å². The van der Waals surface area contributed by atoms with Gasteiger partial charge >= 0.3 is 0 Å². The molecule has 1 atom stereocenters. The molecule has 0 saturated heterocycles. The molecule has 0 saturated carbocycles. The van der Waals surface area contributed by atoms with Crippen molar-refractivity contribution in [2.45, 2.75) is 32.9 Å². The van der Waals surface area contributed by atoms with Gasteiger partial charge in [-0.05, 0) is 49.1 Å². The fraction of sp³-hybridized carbons (Fsp3) is 0.357. The van der Waals surface area contributed by atoms with Crippen molar-refractivity contribution in [1.29, 1.82) is 0 Å². The Morgan fingerprint density at radius 2 is 2.21 bits per heavy atom. The molecule has 2 rings (SSSR count). The van der Waals surface area contributed by atoms with Crippen LogP contribution in [-0.4, -0.2) is 9.78 Å². The van der Waals surface area contributed by atoms with Crippen LogP contribution >= 0.6 is 11.6 Å². The van der Waals surface area contributed by atoms with E-state index in [0.717, 1.165) is 34.7 Å². The maximum absolute atomic E-state index is 6.10. The molecule has 1 aromatic carbocycles. The zero-order chi connectivity index (χ0) is 13.8. The van der Waals surface area contributed by atoms with E-state index in [1.807, 2.05) is 36.1 Å². The summed E-state index contributed by atoms with van der Waals surface area (Å²) in [7, 11) is 0. The third kappa shape index (κ3) is 3.56. The third-order valence-electron chi connectivity index (χ3n) is 3.12. The number of rotatable bonds is 5. The predicted molar refractivity (Wildman–Crippen MR) is 77.9 cm³/mol. The number of halogens is 1. The normalized spacial score (nSPS) is 12.6. The fourth-order valence-corrected chi connectivity index (χ4v) is 2.46. The average molecular weight is 279 g/mol. The van der Waals surface area contributed by atoms with Gasteiger partial charge in [0.2, 0.25) is 0 Å². The zero-order valence-corrected chi connectivity index (χ0v) is 12.0. The lowest BCUT2D eigenvalue weighted by Gasteiger charge is -2.16. The second-order valence-electron chi connectivity index (χ2n) is 4.69. The smallest absolute Gasteiger partial charge is 0.0522 e. The summed E-state index contributed by atoms with van der Waals surface area (Å²) >= 11 is 6.10. The molecule has 0 radical (unpaired) electrons. The molecule has 1 heterocycles. The lowest BCUT2D eigenvalue weighted by atomic mass is 10.00. The van der Waals surface area contributed by atoms with Crippen LogP contribution in [0.25, 0.3) is 0 Å². The van der Waals surface area contributed by atoms with Gasteiger partial charge in [0, 0.05) is 17.8 Å². The number of nitrogens with one attached hydrogen (secondary N) is 1. The Morgan fingerprint density at radius 1 is 1.42 bits per heavy atom. The van der Waals surface area contributed by atoms with Crippen molar-refractivity contribution < 1.29 is 0 Å². The Bertz CT molecular complexity index is 530. The van der Waals surface area contributed by atoms with Crippen LogP contribution in [0, 0.1) is 6.92 Å². The van der Waals surface area contributed by atoms with Crippen molar-refractivity contribution >= 4 is 11.6 Å². The van der Waals surface area contributed by atoms with E-state index in [1.165, 1.54) is 0 Å². The van der Waals surface area contributed by atoms with E-state index < -0.39 is 0 Å². The van der Waals surface area contributed by atoms with Gasteiger partial charge in [0.25, 0.3) is 0 Å². The van der Waals surface area contributed by atoms with E-state index in [-0.39, 0.29) is 6.04 Å². The molecule has 2 aromatic rings. The van der Waals surface area contributed by atoms with Crippen LogP contribution < -0.4 is 11.3 Å². The maximum atomic E-state index is 6.10. The SMILES string of the molecule is CCn1cc(CC(NN)c2cc(C)cc(Cl)c2)cn1. The van der Waals surface area contributed by atoms with E-state index in [1.54, 1.807) is 0 Å². The molecule has 0 fully saturated rings. The van der Waals surface area contributed by atoms with Crippen molar-refractivity contribution in [3.8, 4) is 0 Å². The third-order valence-corrected chi connectivity index (χ3v) is 3.34. The van der Waals surface area contributed by atoms with E-state index in [0.29, 0.717) is 0 Å². The molecule has 0 bridgehead atoms. The summed E-state index contributed by atoms with van der Waals surface area (Å²) in [6.45, 7) is 4.96. The molecule has 0 spiro atoms. The molecule has 4 nitrogen and oxygen atoms in total. The average Bonchev–Trinajstić information content (AvgIpc) is 2.82. The summed E-state index contributed by atoms with van der Waals surface area (Å²) in [6.07, 6.45) is 4.71. The minimum absolute atomic E-state index is 0.0342. The molecule has 1 aromatic heterocycles. The van der Waals surface area contributed by atoms with Gasteiger partial charge in [-0.2, -0.15) is 5.10 Å². The van der Waals surface area contributed by atoms with E-state index >= 15 is 0 Å². The Labute approximate surface area is 118 Å². The molecule has 0 aliphatic carbocycles. The number of nitrogens with two attached hydrogens (primary N) is 1. The van der Waals surface area contributed by atoms with Crippen LogP contribution in [0.15, 0.2) is 30.6 Å². The summed E-state index contributed by atoms with van der Waals surface area (Å²) in [5.74, 6) is 5.67. The summed E-state index contributed by atoms with van der Waals surface area (Å²) in [6, 6.07) is 6.02. The van der Waals surface area contributed by atoms with E-state index in [9.17, 15) is 0 Å². The topological polar surface area (TPSA) is 55.9 Å². The first-order valence-corrected chi connectivity index (χ1v) is 6.74. The molecule has 0 aliphatic heterocycles. The minimum Gasteiger partial charge on any atom is -0.273 e. The second-order valence-corrected chi connectivity index (χ2v) is 5.13. The van der Waals surface area contributed by atoms with Gasteiger partial charge in [0.05, 0.1) is 12.2 Å². The van der Waals surface area contributed by atoms with Gasteiger partial charge in [-0.3, -0.25) is 16.0 Å². The van der Waals surface area contributed by atoms with Crippen molar-refractivity contribution in [2.24, 2.45) is 5.84 Å². The molecule has 1 unspecified atom stereocenters. The molecular formula is C14H19ClN4. The summed E-state index contributed by atoms with van der Waals surface area (Å²) in [5, 5.41) is 5.01. The Balaban J connectivity index is 2.19.